The van der Waals surface area contributed by atoms with Gasteiger partial charge in [-0.2, -0.15) is 0 Å². The van der Waals surface area contributed by atoms with Crippen LogP contribution < -0.4 is 0 Å². The number of hydrogen-bond acceptors (Lipinski definition) is 4. The van der Waals surface area contributed by atoms with E-state index in [1.54, 1.807) is 0 Å². The summed E-state index contributed by atoms with van der Waals surface area (Å²) in [5.41, 5.74) is 7.84. The fourth-order valence-corrected chi connectivity index (χ4v) is 11.0. The first kappa shape index (κ1) is 77.2. The minimum Gasteiger partial charge on any atom is -0.508 e. The van der Waals surface area contributed by atoms with Crippen LogP contribution in [0, 0.1) is 0 Å². The lowest BCUT2D eigenvalue weighted by molar-refractivity contribution is 0.275. The van der Waals surface area contributed by atoms with Gasteiger partial charge >= 0.3 is 7.82 Å². The highest BCUT2D eigenvalue weighted by Gasteiger charge is 2.11. The van der Waals surface area contributed by atoms with Crippen molar-refractivity contribution in [1.29, 1.82) is 0 Å². The Bertz CT molecular complexity index is 1640. The van der Waals surface area contributed by atoms with Gasteiger partial charge in [-0.25, -0.2) is 4.57 Å². The van der Waals surface area contributed by atoms with Gasteiger partial charge in [0.05, 0.1) is 0 Å². The fraction of sp³-hybridized carbons (Fsp3) is 0.750. The number of phenols is 3. The van der Waals surface area contributed by atoms with Crippen molar-refractivity contribution in [3.05, 3.63) is 88.0 Å². The van der Waals surface area contributed by atoms with Gasteiger partial charge in [-0.3, -0.25) is 0 Å². The Labute approximate surface area is 495 Å². The first-order valence-electron chi connectivity index (χ1n) is 34.0. The van der Waals surface area contributed by atoms with Gasteiger partial charge in [0.15, 0.2) is 0 Å². The van der Waals surface area contributed by atoms with E-state index in [1.807, 2.05) is 36.4 Å². The molecule has 0 amide bonds. The maximum atomic E-state index is 10.3. The molecule has 0 saturated carbocycles. The second kappa shape index (κ2) is 56.6. The Hall–Kier alpha value is -2.83. The summed E-state index contributed by atoms with van der Waals surface area (Å²) in [6, 6.07) is 18.3. The van der Waals surface area contributed by atoms with E-state index in [0.717, 1.165) is 38.5 Å². The first-order valence-corrected chi connectivity index (χ1v) is 35.6. The topological polar surface area (TPSA) is 138 Å². The van der Waals surface area contributed by atoms with E-state index in [-0.39, 0.29) is 0 Å². The second-order valence-corrected chi connectivity index (χ2v) is 24.5. The number of aromatic hydroxyl groups is 3. The lowest BCUT2D eigenvalue weighted by Crippen LogP contribution is -1.96. The summed E-state index contributed by atoms with van der Waals surface area (Å²) in [4.78, 5) is 21.6. The minimum atomic E-state index is -4.64. The Morgan fingerprint density at radius 2 is 0.400 bits per heavy atom. The molecule has 0 radical (unpaired) electrons. The summed E-state index contributed by atoms with van der Waals surface area (Å²) in [5, 5.41) is 30.8. The lowest BCUT2D eigenvalue weighted by Gasteiger charge is -2.12. The summed E-state index contributed by atoms with van der Waals surface area (Å²) in [6.45, 7) is 13.6. The van der Waals surface area contributed by atoms with Gasteiger partial charge in [0.2, 0.25) is 0 Å². The van der Waals surface area contributed by atoms with Gasteiger partial charge in [0.25, 0.3) is 0 Å². The molecule has 0 bridgehead atoms. The van der Waals surface area contributed by atoms with Crippen LogP contribution in [0.3, 0.4) is 0 Å². The molecule has 0 spiro atoms. The number of rotatable bonds is 48. The number of unbranched alkanes of at least 4 members (excludes halogenated alkanes) is 36. The average molecular weight is 1140 g/mol. The normalized spacial score (nSPS) is 11.2. The summed E-state index contributed by atoms with van der Waals surface area (Å²) < 4.78 is 8.88. The van der Waals surface area contributed by atoms with Crippen LogP contribution in [-0.2, 0) is 43.1 Å². The summed E-state index contributed by atoms with van der Waals surface area (Å²) in [5.74, 6) is 1.56. The Morgan fingerprint density at radius 3 is 0.575 bits per heavy atom. The predicted octanol–water partition coefficient (Wildman–Crippen LogP) is 23.0. The molecule has 0 aromatic heterocycles. The Kier molecular flexibility index (Phi) is 54.6. The zero-order valence-electron chi connectivity index (χ0n) is 53.2. The first-order chi connectivity index (χ1) is 38.9. The van der Waals surface area contributed by atoms with E-state index in [0.29, 0.717) is 17.2 Å². The summed E-state index contributed by atoms with van der Waals surface area (Å²) in [7, 11) is -4.64. The molecule has 0 heterocycles. The van der Waals surface area contributed by atoms with Crippen molar-refractivity contribution >= 4 is 7.82 Å². The van der Waals surface area contributed by atoms with Gasteiger partial charge in [-0.15, -0.1) is 0 Å². The van der Waals surface area contributed by atoms with Crippen molar-refractivity contribution in [2.24, 2.45) is 0 Å². The third kappa shape index (κ3) is 47.6. The summed E-state index contributed by atoms with van der Waals surface area (Å²) in [6.07, 6.45) is 62.9. The van der Waals surface area contributed by atoms with E-state index in [1.165, 1.54) is 303 Å². The van der Waals surface area contributed by atoms with Crippen LogP contribution in [0.4, 0.5) is 0 Å². The van der Waals surface area contributed by atoms with Crippen LogP contribution in [-0.4, -0.2) is 30.0 Å². The average Bonchev–Trinajstić information content (AvgIpc) is 3.43. The molecule has 80 heavy (non-hydrogen) atoms. The van der Waals surface area contributed by atoms with Crippen molar-refractivity contribution in [2.75, 3.05) is 0 Å². The van der Waals surface area contributed by atoms with Gasteiger partial charge < -0.3 is 30.0 Å². The van der Waals surface area contributed by atoms with E-state index < -0.39 is 7.82 Å². The molecule has 3 aromatic carbocycles. The molecule has 0 atom stereocenters. The van der Waals surface area contributed by atoms with E-state index >= 15 is 0 Å². The summed E-state index contributed by atoms with van der Waals surface area (Å²) >= 11 is 0. The monoisotopic (exact) mass is 1140 g/mol. The number of aryl methyl sites for hydroxylation is 3. The molecule has 0 aliphatic carbocycles. The maximum Gasteiger partial charge on any atom is 0.466 e. The molecule has 464 valence electrons. The van der Waals surface area contributed by atoms with E-state index in [2.05, 4.69) is 59.7 Å². The molecule has 3 rings (SSSR count). The fourth-order valence-electron chi connectivity index (χ4n) is 11.0. The van der Waals surface area contributed by atoms with Gasteiger partial charge in [-0.1, -0.05) is 309 Å². The standard InChI is InChI=1S/3C24H42O.H3O4P/c3*1-3-5-7-9-11-13-15-18-22-19-17-21-24(25)23(22)20-16-14-12-10-8-6-4-2;1-5(2,3)4/h3*17,19,21,25H,3-16,18,20H2,1-2H3;(H3,1,2,3,4). The van der Waals surface area contributed by atoms with E-state index in [4.69, 9.17) is 19.2 Å². The van der Waals surface area contributed by atoms with Crippen LogP contribution in [0.15, 0.2) is 54.6 Å². The highest BCUT2D eigenvalue weighted by atomic mass is 31.2. The number of phenolic OH excluding ortho intramolecular Hbond substituents is 3. The Balaban J connectivity index is 0.00000112. The van der Waals surface area contributed by atoms with Crippen molar-refractivity contribution in [3.8, 4) is 17.2 Å². The second-order valence-electron chi connectivity index (χ2n) is 23.5. The SMILES string of the molecule is CCCCCCCCCc1cccc(O)c1CCCCCCCCC.CCCCCCCCCc1cccc(O)c1CCCCCCCCC.CCCCCCCCCc1cccc(O)c1CCCCCCCCC.O=P(O)(O)O. The van der Waals surface area contributed by atoms with Crippen LogP contribution >= 0.6 is 7.82 Å². The highest BCUT2D eigenvalue weighted by Crippen LogP contribution is 2.29. The molecule has 0 aliphatic heterocycles. The quantitative estimate of drug-likeness (QED) is 0.0245. The van der Waals surface area contributed by atoms with E-state index in [9.17, 15) is 15.3 Å². The molecular weight excluding hydrogens is 1010 g/mol. The third-order valence-corrected chi connectivity index (χ3v) is 16.0. The number of phosphoric acid groups is 1. The molecule has 8 heteroatoms. The highest BCUT2D eigenvalue weighted by molar-refractivity contribution is 7.45. The van der Waals surface area contributed by atoms with Crippen molar-refractivity contribution in [3.63, 3.8) is 0 Å². The molecule has 6 N–H and O–H groups in total. The smallest absolute Gasteiger partial charge is 0.466 e. The Morgan fingerprint density at radius 1 is 0.250 bits per heavy atom. The maximum absolute atomic E-state index is 10.3. The number of benzene rings is 3. The molecular formula is C72H129O7P. The molecule has 7 nitrogen and oxygen atoms in total. The van der Waals surface area contributed by atoms with Crippen LogP contribution in [0.2, 0.25) is 0 Å². The van der Waals surface area contributed by atoms with Gasteiger partial charge in [0.1, 0.15) is 17.2 Å². The van der Waals surface area contributed by atoms with Crippen LogP contribution in [0.5, 0.6) is 17.2 Å². The molecule has 0 unspecified atom stereocenters. The minimum absolute atomic E-state index is 0.520. The van der Waals surface area contributed by atoms with Crippen molar-refractivity contribution in [2.45, 2.75) is 350 Å². The molecule has 3 aromatic rings. The number of hydrogen-bond donors (Lipinski definition) is 6. The zero-order valence-corrected chi connectivity index (χ0v) is 54.1. The third-order valence-electron chi connectivity index (χ3n) is 16.0. The largest absolute Gasteiger partial charge is 0.508 e. The van der Waals surface area contributed by atoms with Crippen molar-refractivity contribution in [1.82, 2.24) is 0 Å². The lowest BCUT2D eigenvalue weighted by atomic mass is 9.95. The van der Waals surface area contributed by atoms with Gasteiger partial charge in [0, 0.05) is 0 Å². The molecule has 0 aliphatic rings. The zero-order chi connectivity index (χ0) is 59.0. The van der Waals surface area contributed by atoms with Gasteiger partial charge in [-0.05, 0) is 129 Å². The van der Waals surface area contributed by atoms with Crippen LogP contribution in [0.1, 0.15) is 345 Å². The molecule has 0 saturated heterocycles. The van der Waals surface area contributed by atoms with Crippen LogP contribution in [0.25, 0.3) is 0 Å². The molecule has 0 fully saturated rings. The van der Waals surface area contributed by atoms with Crippen molar-refractivity contribution < 1.29 is 34.6 Å². The predicted molar refractivity (Wildman–Crippen MR) is 349 cm³/mol.